The third-order valence-corrected chi connectivity index (χ3v) is 3.09. The van der Waals surface area contributed by atoms with Gasteiger partial charge in [0.2, 0.25) is 0 Å². The fraction of sp³-hybridized carbons (Fsp3) is 0.200. The minimum Gasteiger partial charge on any atom is -0.497 e. The third-order valence-electron chi connectivity index (χ3n) is 3.09. The Kier molecular flexibility index (Phi) is 3.25. The van der Waals surface area contributed by atoms with Gasteiger partial charge in [-0.3, -0.25) is 0 Å². The average Bonchev–Trinajstić information content (AvgIpc) is 2.89. The van der Waals surface area contributed by atoms with Crippen LogP contribution in [-0.2, 0) is 6.42 Å². The van der Waals surface area contributed by atoms with Crippen molar-refractivity contribution < 1.29 is 9.47 Å². The zero-order chi connectivity index (χ0) is 13.9. The molecule has 1 aromatic carbocycles. The number of methoxy groups -OCH3 is 2. The number of fused-ring (bicyclic) bond motifs is 1. The topological polar surface area (TPSA) is 48.7 Å². The quantitative estimate of drug-likeness (QED) is 0.729. The number of hydrogen-bond acceptors (Lipinski definition) is 4. The number of benzene rings is 1. The largest absolute Gasteiger partial charge is 0.497 e. The second-order valence-electron chi connectivity index (χ2n) is 4.40. The smallest absolute Gasteiger partial charge is 0.198 e. The van der Waals surface area contributed by atoms with Crippen molar-refractivity contribution in [3.8, 4) is 11.5 Å². The molecule has 0 N–H and O–H groups in total. The molecule has 0 bridgehead atoms. The zero-order valence-electron chi connectivity index (χ0n) is 11.4. The van der Waals surface area contributed by atoms with E-state index in [1.54, 1.807) is 18.7 Å². The van der Waals surface area contributed by atoms with Crippen LogP contribution in [-0.4, -0.2) is 28.8 Å². The lowest BCUT2D eigenvalue weighted by molar-refractivity contribution is 0.414. The van der Waals surface area contributed by atoms with Crippen molar-refractivity contribution in [3.05, 3.63) is 54.0 Å². The highest BCUT2D eigenvalue weighted by atomic mass is 16.5. The van der Waals surface area contributed by atoms with Gasteiger partial charge in [-0.2, -0.15) is 5.10 Å². The Labute approximate surface area is 116 Å². The summed E-state index contributed by atoms with van der Waals surface area (Å²) in [5.41, 5.74) is 1.84. The fourth-order valence-electron chi connectivity index (χ4n) is 2.13. The second kappa shape index (κ2) is 5.21. The second-order valence-corrected chi connectivity index (χ2v) is 4.40. The minimum atomic E-state index is 0.655. The summed E-state index contributed by atoms with van der Waals surface area (Å²) in [5, 5.41) is 4.46. The summed E-state index contributed by atoms with van der Waals surface area (Å²) >= 11 is 0. The van der Waals surface area contributed by atoms with Gasteiger partial charge in [-0.15, -0.1) is 0 Å². The molecule has 0 aliphatic carbocycles. The van der Waals surface area contributed by atoms with Gasteiger partial charge < -0.3 is 9.47 Å². The van der Waals surface area contributed by atoms with Crippen molar-refractivity contribution in [3.63, 3.8) is 0 Å². The molecule has 0 amide bonds. The predicted octanol–water partition coefficient (Wildman–Crippen LogP) is 2.34. The van der Waals surface area contributed by atoms with Crippen LogP contribution in [0.3, 0.4) is 0 Å². The summed E-state index contributed by atoms with van der Waals surface area (Å²) in [7, 11) is 3.29. The maximum Gasteiger partial charge on any atom is 0.198 e. The summed E-state index contributed by atoms with van der Waals surface area (Å²) < 4.78 is 12.2. The van der Waals surface area contributed by atoms with E-state index in [-0.39, 0.29) is 0 Å². The summed E-state index contributed by atoms with van der Waals surface area (Å²) in [6.07, 6.45) is 2.52. The summed E-state index contributed by atoms with van der Waals surface area (Å²) in [6.45, 7) is 0. The van der Waals surface area contributed by atoms with Crippen molar-refractivity contribution in [2.24, 2.45) is 0 Å². The normalized spacial score (nSPS) is 10.7. The highest BCUT2D eigenvalue weighted by Gasteiger charge is 2.09. The van der Waals surface area contributed by atoms with E-state index in [2.05, 4.69) is 10.1 Å². The van der Waals surface area contributed by atoms with E-state index in [0.29, 0.717) is 6.42 Å². The Bertz CT molecular complexity index is 737. The fourth-order valence-corrected chi connectivity index (χ4v) is 2.13. The molecule has 2 heterocycles. The monoisotopic (exact) mass is 269 g/mol. The van der Waals surface area contributed by atoms with Crippen LogP contribution in [0.5, 0.6) is 11.5 Å². The van der Waals surface area contributed by atoms with E-state index < -0.39 is 0 Å². The molecule has 5 nitrogen and oxygen atoms in total. The lowest BCUT2D eigenvalue weighted by Gasteiger charge is -2.01. The molecule has 2 aromatic heterocycles. The maximum atomic E-state index is 5.28. The van der Waals surface area contributed by atoms with E-state index in [0.717, 1.165) is 28.5 Å². The van der Waals surface area contributed by atoms with Crippen LogP contribution in [0.25, 0.3) is 5.65 Å². The lowest BCUT2D eigenvalue weighted by atomic mass is 10.1. The van der Waals surface area contributed by atoms with Crippen molar-refractivity contribution in [2.75, 3.05) is 14.2 Å². The molecule has 3 rings (SSSR count). The van der Waals surface area contributed by atoms with Gasteiger partial charge in [0.15, 0.2) is 17.2 Å². The molecule has 5 heteroatoms. The zero-order valence-corrected chi connectivity index (χ0v) is 11.4. The van der Waals surface area contributed by atoms with Gasteiger partial charge >= 0.3 is 0 Å². The molecule has 0 radical (unpaired) electrons. The number of pyridine rings is 1. The van der Waals surface area contributed by atoms with Crippen LogP contribution in [0.2, 0.25) is 0 Å². The number of rotatable bonds is 4. The van der Waals surface area contributed by atoms with E-state index in [9.17, 15) is 0 Å². The van der Waals surface area contributed by atoms with Crippen molar-refractivity contribution >= 4 is 5.65 Å². The Hall–Kier alpha value is -2.56. The molecular weight excluding hydrogens is 254 g/mol. The predicted molar refractivity (Wildman–Crippen MR) is 75.3 cm³/mol. The van der Waals surface area contributed by atoms with Crippen molar-refractivity contribution in [1.29, 1.82) is 0 Å². The van der Waals surface area contributed by atoms with Gasteiger partial charge in [0.25, 0.3) is 0 Å². The molecule has 0 atom stereocenters. The first-order valence-electron chi connectivity index (χ1n) is 6.31. The highest BCUT2D eigenvalue weighted by Crippen LogP contribution is 2.19. The molecule has 0 unspecified atom stereocenters. The summed E-state index contributed by atoms with van der Waals surface area (Å²) in [5.74, 6) is 2.31. The summed E-state index contributed by atoms with van der Waals surface area (Å²) in [6, 6.07) is 11.7. The van der Waals surface area contributed by atoms with E-state index in [4.69, 9.17) is 9.47 Å². The molecule has 0 fully saturated rings. The van der Waals surface area contributed by atoms with Crippen molar-refractivity contribution in [2.45, 2.75) is 6.42 Å². The van der Waals surface area contributed by atoms with Gasteiger partial charge in [0.1, 0.15) is 5.75 Å². The lowest BCUT2D eigenvalue weighted by Crippen LogP contribution is -1.93. The Morgan fingerprint density at radius 2 is 2.00 bits per heavy atom. The molecular formula is C15H15N3O2. The first-order valence-corrected chi connectivity index (χ1v) is 6.31. The average molecular weight is 269 g/mol. The van der Waals surface area contributed by atoms with Crippen LogP contribution in [0.15, 0.2) is 42.6 Å². The van der Waals surface area contributed by atoms with E-state index in [1.165, 1.54) is 0 Å². The molecule has 0 aliphatic heterocycles. The molecule has 20 heavy (non-hydrogen) atoms. The van der Waals surface area contributed by atoms with Crippen molar-refractivity contribution in [1.82, 2.24) is 14.6 Å². The number of hydrogen-bond donors (Lipinski definition) is 0. The van der Waals surface area contributed by atoms with Crippen LogP contribution < -0.4 is 9.47 Å². The van der Waals surface area contributed by atoms with Gasteiger partial charge in [0.05, 0.1) is 14.2 Å². The van der Waals surface area contributed by atoms with Crippen LogP contribution >= 0.6 is 0 Å². The minimum absolute atomic E-state index is 0.655. The van der Waals surface area contributed by atoms with Gasteiger partial charge in [-0.05, 0) is 29.8 Å². The van der Waals surface area contributed by atoms with Gasteiger partial charge in [-0.1, -0.05) is 12.1 Å². The van der Waals surface area contributed by atoms with Crippen LogP contribution in [0.1, 0.15) is 11.4 Å². The van der Waals surface area contributed by atoms with Crippen LogP contribution in [0, 0.1) is 0 Å². The maximum absolute atomic E-state index is 5.28. The summed E-state index contributed by atoms with van der Waals surface area (Å²) in [4.78, 5) is 4.52. The van der Waals surface area contributed by atoms with Gasteiger partial charge in [0, 0.05) is 12.6 Å². The molecule has 0 aliphatic rings. The third kappa shape index (κ3) is 2.30. The molecule has 0 saturated heterocycles. The van der Waals surface area contributed by atoms with Gasteiger partial charge in [-0.25, -0.2) is 9.50 Å². The number of aromatic nitrogens is 3. The Balaban J connectivity index is 1.94. The molecule has 0 spiro atoms. The number of ether oxygens (including phenoxy) is 2. The van der Waals surface area contributed by atoms with E-state index in [1.807, 2.05) is 42.6 Å². The highest BCUT2D eigenvalue weighted by molar-refractivity contribution is 5.52. The first kappa shape index (κ1) is 12.5. The molecule has 3 aromatic rings. The number of nitrogens with zero attached hydrogens (tertiary/aromatic N) is 3. The Morgan fingerprint density at radius 1 is 1.10 bits per heavy atom. The molecule has 102 valence electrons. The molecule has 0 saturated carbocycles. The van der Waals surface area contributed by atoms with Crippen LogP contribution in [0.4, 0.5) is 0 Å². The first-order chi connectivity index (χ1) is 9.80. The SMILES string of the molecule is COc1cccc(Cc2nc3c(OC)cccn3n2)c1. The van der Waals surface area contributed by atoms with E-state index >= 15 is 0 Å². The standard InChI is InChI=1S/C15H15N3O2/c1-19-12-6-3-5-11(9-12)10-14-16-15-13(20-2)7-4-8-18(15)17-14/h3-9H,10H2,1-2H3. The Morgan fingerprint density at radius 3 is 2.80 bits per heavy atom.